The fraction of sp³-hybridized carbons (Fsp3) is 0.704. The van der Waals surface area contributed by atoms with Crippen LogP contribution in [0.3, 0.4) is 0 Å². The predicted octanol–water partition coefficient (Wildman–Crippen LogP) is 4.65. The quantitative estimate of drug-likeness (QED) is 0.515. The summed E-state index contributed by atoms with van der Waals surface area (Å²) in [5.41, 5.74) is -4.07. The van der Waals surface area contributed by atoms with Crippen molar-refractivity contribution in [3.63, 3.8) is 0 Å². The van der Waals surface area contributed by atoms with E-state index in [1.165, 1.54) is 12.2 Å². The molecule has 0 aromatic carbocycles. The Morgan fingerprint density at radius 3 is 2.49 bits per heavy atom. The summed E-state index contributed by atoms with van der Waals surface area (Å²) >= 11 is 1.04. The molecule has 4 fully saturated rings. The van der Waals surface area contributed by atoms with Crippen LogP contribution in [-0.4, -0.2) is 45.0 Å². The second-order valence-electron chi connectivity index (χ2n) is 11.4. The van der Waals surface area contributed by atoms with Crippen LogP contribution < -0.4 is 0 Å². The van der Waals surface area contributed by atoms with Crippen molar-refractivity contribution in [1.29, 1.82) is 0 Å². The average molecular weight is 505 g/mol. The molecule has 0 radical (unpaired) electrons. The Morgan fingerprint density at radius 2 is 1.86 bits per heavy atom. The molecule has 5 rings (SSSR count). The maximum atomic E-state index is 17.9. The van der Waals surface area contributed by atoms with Gasteiger partial charge in [-0.05, 0) is 57.6 Å². The largest absolute Gasteiger partial charge is 0.459 e. The summed E-state index contributed by atoms with van der Waals surface area (Å²) in [5, 5.41) is -0.108. The number of rotatable bonds is 4. The molecule has 8 heteroatoms. The van der Waals surface area contributed by atoms with E-state index >= 15 is 4.39 Å². The van der Waals surface area contributed by atoms with Crippen molar-refractivity contribution in [3.05, 3.63) is 23.8 Å². The van der Waals surface area contributed by atoms with E-state index in [1.807, 2.05) is 13.8 Å². The molecule has 6 nitrogen and oxygen atoms in total. The van der Waals surface area contributed by atoms with Gasteiger partial charge in [0.15, 0.2) is 21.3 Å². The van der Waals surface area contributed by atoms with E-state index in [2.05, 4.69) is 0 Å². The van der Waals surface area contributed by atoms with Gasteiger partial charge in [-0.15, -0.1) is 0 Å². The summed E-state index contributed by atoms with van der Waals surface area (Å²) in [7, 11) is 0. The Morgan fingerprint density at radius 1 is 1.14 bits per heavy atom. The van der Waals surface area contributed by atoms with Crippen LogP contribution in [0.1, 0.15) is 73.1 Å². The van der Waals surface area contributed by atoms with Crippen molar-refractivity contribution in [1.82, 2.24) is 0 Å². The lowest BCUT2D eigenvalue weighted by atomic mass is 9.45. The normalized spacial score (nSPS) is 47.4. The number of hydrogen-bond acceptors (Lipinski definition) is 7. The molecule has 0 N–H and O–H groups in total. The predicted molar refractivity (Wildman–Crippen MR) is 128 cm³/mol. The van der Waals surface area contributed by atoms with Crippen LogP contribution in [0.25, 0.3) is 0 Å². The van der Waals surface area contributed by atoms with Crippen LogP contribution in [0.15, 0.2) is 23.8 Å². The number of ether oxygens (including phenoxy) is 2. The Kier molecular flexibility index (Phi) is 5.32. The van der Waals surface area contributed by atoms with Gasteiger partial charge in [-0.2, -0.15) is 0 Å². The van der Waals surface area contributed by atoms with E-state index in [-0.39, 0.29) is 36.1 Å². The summed E-state index contributed by atoms with van der Waals surface area (Å²) in [4.78, 5) is 50.7. The summed E-state index contributed by atoms with van der Waals surface area (Å²) < 4.78 is 28.4. The van der Waals surface area contributed by atoms with Crippen molar-refractivity contribution < 1.29 is 33.0 Å². The smallest absolute Gasteiger partial charge is 0.328 e. The number of ketones is 1. The van der Waals surface area contributed by atoms with Gasteiger partial charge >= 0.3 is 11.9 Å². The highest BCUT2D eigenvalue weighted by molar-refractivity contribution is 8.15. The maximum Gasteiger partial charge on any atom is 0.328 e. The maximum absolute atomic E-state index is 17.9. The molecule has 35 heavy (non-hydrogen) atoms. The van der Waals surface area contributed by atoms with Gasteiger partial charge in [-0.3, -0.25) is 19.2 Å². The molecule has 0 amide bonds. The number of halogens is 1. The Labute approximate surface area is 209 Å². The van der Waals surface area contributed by atoms with Gasteiger partial charge in [0.25, 0.3) is 0 Å². The molecule has 0 spiro atoms. The molecule has 1 heterocycles. The minimum Gasteiger partial charge on any atom is -0.459 e. The van der Waals surface area contributed by atoms with Gasteiger partial charge in [-0.25, -0.2) is 4.39 Å². The van der Waals surface area contributed by atoms with Crippen LogP contribution >= 0.6 is 11.8 Å². The SMILES string of the molecule is CCC(=O)O[C@H]1C[C@@]2(C)[C@@H](C[C@@]3(C)OC(=O)[C@]32SC(=O)CC)[C@@H]2CCC3=CC(=O)C=C[C@]3(C)[C@@]12F. The Bertz CT molecular complexity index is 1100. The molecule has 0 aromatic heterocycles. The fourth-order valence-corrected chi connectivity index (χ4v) is 9.56. The lowest BCUT2D eigenvalue weighted by molar-refractivity contribution is -0.222. The minimum absolute atomic E-state index is 0.0963. The molecule has 8 atom stereocenters. The van der Waals surface area contributed by atoms with Crippen LogP contribution in [0.5, 0.6) is 0 Å². The molecule has 0 aromatic rings. The monoisotopic (exact) mass is 504 g/mol. The molecule has 0 bridgehead atoms. The van der Waals surface area contributed by atoms with E-state index < -0.39 is 50.8 Å². The summed E-state index contributed by atoms with van der Waals surface area (Å²) in [6.45, 7) is 9.03. The third-order valence-electron chi connectivity index (χ3n) is 9.89. The second-order valence-corrected chi connectivity index (χ2v) is 12.7. The molecule has 0 unspecified atom stereocenters. The number of thioether (sulfide) groups is 1. The zero-order valence-electron chi connectivity index (χ0n) is 20.9. The first-order valence-corrected chi connectivity index (χ1v) is 13.4. The van der Waals surface area contributed by atoms with E-state index in [4.69, 9.17) is 9.47 Å². The third-order valence-corrected chi connectivity index (χ3v) is 11.8. The third kappa shape index (κ3) is 2.78. The standard InChI is InChI=1S/C27H33FO6S/c1-6-20(30)33-19-14-24(4)18(13-25(5)27(24,22(32)34-25)35-21(31)7-2)17-9-8-15-12-16(29)10-11-23(15,3)26(17,19)28/h10-12,17-19H,6-9,13-14H2,1-5H3/t17-,18-,19-,23-,24-,25+,26-,27+/m0/s1. The molecule has 4 aliphatic carbocycles. The van der Waals surface area contributed by atoms with Gasteiger partial charge in [0, 0.05) is 29.6 Å². The van der Waals surface area contributed by atoms with Gasteiger partial charge in [0.05, 0.1) is 0 Å². The first-order valence-electron chi connectivity index (χ1n) is 12.6. The first-order chi connectivity index (χ1) is 16.3. The van der Waals surface area contributed by atoms with Gasteiger partial charge < -0.3 is 9.47 Å². The minimum atomic E-state index is -1.97. The molecule has 1 aliphatic heterocycles. The van der Waals surface area contributed by atoms with E-state index in [0.717, 1.165) is 17.3 Å². The molecule has 3 saturated carbocycles. The topological polar surface area (TPSA) is 86.7 Å². The number of alkyl halides is 1. The number of fused-ring (bicyclic) bond motifs is 7. The van der Waals surface area contributed by atoms with Crippen molar-refractivity contribution in [2.45, 2.75) is 95.3 Å². The van der Waals surface area contributed by atoms with Gasteiger partial charge in [-0.1, -0.05) is 44.2 Å². The summed E-state index contributed by atoms with van der Waals surface area (Å²) in [6.07, 6.45) is 5.37. The highest BCUT2D eigenvalue weighted by atomic mass is 32.2. The Hall–Kier alpha value is -1.96. The lowest BCUT2D eigenvalue weighted by Crippen LogP contribution is -2.74. The number of carbonyl (C=O) groups is 4. The number of carbonyl (C=O) groups excluding carboxylic acids is 4. The fourth-order valence-electron chi connectivity index (χ4n) is 8.14. The zero-order valence-corrected chi connectivity index (χ0v) is 21.8. The van der Waals surface area contributed by atoms with Crippen molar-refractivity contribution >= 4 is 34.6 Å². The number of allylic oxidation sites excluding steroid dienone is 4. The second kappa shape index (κ2) is 7.53. The van der Waals surface area contributed by atoms with Crippen LogP contribution in [0, 0.1) is 22.7 Å². The Balaban J connectivity index is 1.68. The molecular formula is C27H33FO6S. The van der Waals surface area contributed by atoms with Crippen LogP contribution in [0.2, 0.25) is 0 Å². The van der Waals surface area contributed by atoms with Crippen LogP contribution in [0.4, 0.5) is 4.39 Å². The lowest BCUT2D eigenvalue weighted by Gasteiger charge is -2.64. The van der Waals surface area contributed by atoms with Gasteiger partial charge in [0.2, 0.25) is 0 Å². The number of hydrogen-bond donors (Lipinski definition) is 0. The van der Waals surface area contributed by atoms with Crippen molar-refractivity contribution in [3.8, 4) is 0 Å². The van der Waals surface area contributed by atoms with Crippen molar-refractivity contribution in [2.24, 2.45) is 22.7 Å². The van der Waals surface area contributed by atoms with Crippen molar-refractivity contribution in [2.75, 3.05) is 0 Å². The highest BCUT2D eigenvalue weighted by Gasteiger charge is 2.86. The van der Waals surface area contributed by atoms with E-state index in [1.54, 1.807) is 26.8 Å². The summed E-state index contributed by atoms with van der Waals surface area (Å²) in [6, 6.07) is 0. The average Bonchev–Trinajstić information content (AvgIpc) is 2.95. The zero-order chi connectivity index (χ0) is 25.6. The molecular weight excluding hydrogens is 471 g/mol. The van der Waals surface area contributed by atoms with Crippen LogP contribution in [-0.2, 0) is 28.7 Å². The molecule has 190 valence electrons. The number of esters is 2. The molecule has 5 aliphatic rings. The molecule has 1 saturated heterocycles. The first kappa shape index (κ1) is 24.7. The highest BCUT2D eigenvalue weighted by Crippen LogP contribution is 2.77. The van der Waals surface area contributed by atoms with E-state index in [9.17, 15) is 19.2 Å². The summed E-state index contributed by atoms with van der Waals surface area (Å²) in [5.74, 6) is -1.91. The van der Waals surface area contributed by atoms with Gasteiger partial charge in [0.1, 0.15) is 11.7 Å². The van der Waals surface area contributed by atoms with E-state index in [0.29, 0.717) is 19.3 Å².